The molecule has 0 aliphatic heterocycles. The number of hydrogen-bond donors (Lipinski definition) is 0. The molecule has 0 fully saturated rings. The molecule has 0 heterocycles. The highest BCUT2D eigenvalue weighted by molar-refractivity contribution is 5.69. The van der Waals surface area contributed by atoms with Crippen molar-refractivity contribution in [1.82, 2.24) is 0 Å². The lowest BCUT2D eigenvalue weighted by Gasteiger charge is -2.18. The zero-order valence-electron chi connectivity index (χ0n) is 34.3. The van der Waals surface area contributed by atoms with E-state index in [-0.39, 0.29) is 12.1 Å². The maximum absolute atomic E-state index is 12.8. The normalized spacial score (nSPS) is 12.3. The molecule has 0 aliphatic rings. The first-order valence-electron chi connectivity index (χ1n) is 23.1. The van der Waals surface area contributed by atoms with Gasteiger partial charge in [-0.05, 0) is 57.8 Å². The second-order valence-electron chi connectivity index (χ2n) is 15.8. The van der Waals surface area contributed by atoms with E-state index in [1.165, 1.54) is 231 Å². The second-order valence-corrected chi connectivity index (χ2v) is 15.8. The van der Waals surface area contributed by atoms with E-state index >= 15 is 0 Å². The minimum absolute atomic E-state index is 0.0682. The largest absolute Gasteiger partial charge is 0.462 e. The van der Waals surface area contributed by atoms with Crippen molar-refractivity contribution in [3.8, 4) is 0 Å². The molecule has 0 rings (SSSR count). The molecule has 0 saturated heterocycles. The summed E-state index contributed by atoms with van der Waals surface area (Å²) in [6, 6.07) is 0. The van der Waals surface area contributed by atoms with Crippen LogP contribution in [0.2, 0.25) is 0 Å². The summed E-state index contributed by atoms with van der Waals surface area (Å²) in [5, 5.41) is 0. The van der Waals surface area contributed by atoms with Gasteiger partial charge in [0.15, 0.2) is 0 Å². The van der Waals surface area contributed by atoms with Gasteiger partial charge in [-0.3, -0.25) is 4.79 Å². The van der Waals surface area contributed by atoms with Gasteiger partial charge in [0.05, 0.1) is 0 Å². The number of carbonyl (C=O) groups is 1. The van der Waals surface area contributed by atoms with Crippen LogP contribution in [0.25, 0.3) is 0 Å². The van der Waals surface area contributed by atoms with E-state index in [4.69, 9.17) is 4.74 Å². The third kappa shape index (κ3) is 41.5. The number of carbonyl (C=O) groups excluding carboxylic acids is 1. The van der Waals surface area contributed by atoms with Crippen LogP contribution < -0.4 is 0 Å². The van der Waals surface area contributed by atoms with Gasteiger partial charge in [0.1, 0.15) is 6.10 Å². The quantitative estimate of drug-likeness (QED) is 0.0362. The van der Waals surface area contributed by atoms with Crippen LogP contribution in [0.3, 0.4) is 0 Å². The van der Waals surface area contributed by atoms with Crippen molar-refractivity contribution in [2.75, 3.05) is 0 Å². The van der Waals surface area contributed by atoms with E-state index in [1.807, 2.05) is 0 Å². The minimum Gasteiger partial charge on any atom is -0.462 e. The van der Waals surface area contributed by atoms with Crippen molar-refractivity contribution in [2.24, 2.45) is 0 Å². The number of hydrogen-bond acceptors (Lipinski definition) is 2. The van der Waals surface area contributed by atoms with E-state index in [9.17, 15) is 4.79 Å². The van der Waals surface area contributed by atoms with Crippen molar-refractivity contribution in [2.45, 2.75) is 284 Å². The SMILES string of the molecule is CCCCCCCC/C=C\CCCCCCCC(=O)OC(CCCCCCCCCC)CCCCCCCCCCCCCCCCCC. The van der Waals surface area contributed by atoms with E-state index in [1.54, 1.807) is 0 Å². The maximum Gasteiger partial charge on any atom is 0.306 e. The molecule has 292 valence electrons. The van der Waals surface area contributed by atoms with Crippen molar-refractivity contribution in [1.29, 1.82) is 0 Å². The first-order chi connectivity index (χ1) is 24.2. The highest BCUT2D eigenvalue weighted by Gasteiger charge is 2.14. The highest BCUT2D eigenvalue weighted by atomic mass is 16.5. The summed E-state index contributed by atoms with van der Waals surface area (Å²) < 4.78 is 6.11. The Morgan fingerprint density at radius 1 is 0.367 bits per heavy atom. The molecule has 0 amide bonds. The van der Waals surface area contributed by atoms with Crippen molar-refractivity contribution >= 4 is 5.97 Å². The van der Waals surface area contributed by atoms with Crippen molar-refractivity contribution in [3.63, 3.8) is 0 Å². The summed E-state index contributed by atoms with van der Waals surface area (Å²) >= 11 is 0. The minimum atomic E-state index is 0.0682. The molecule has 0 aromatic heterocycles. The first-order valence-corrected chi connectivity index (χ1v) is 23.1. The Bertz CT molecular complexity index is 640. The Balaban J connectivity index is 3.98. The van der Waals surface area contributed by atoms with Crippen LogP contribution in [0.15, 0.2) is 12.2 Å². The van der Waals surface area contributed by atoms with Crippen LogP contribution in [0.4, 0.5) is 0 Å². The molecule has 2 nitrogen and oxygen atoms in total. The van der Waals surface area contributed by atoms with Gasteiger partial charge in [0.25, 0.3) is 0 Å². The number of unbranched alkanes of at least 4 members (excludes halogenated alkanes) is 33. The lowest BCUT2D eigenvalue weighted by Crippen LogP contribution is -2.18. The van der Waals surface area contributed by atoms with E-state index in [0.29, 0.717) is 6.42 Å². The lowest BCUT2D eigenvalue weighted by atomic mass is 10.0. The topological polar surface area (TPSA) is 26.3 Å². The summed E-state index contributed by atoms with van der Waals surface area (Å²) in [5.41, 5.74) is 0. The third-order valence-corrected chi connectivity index (χ3v) is 10.7. The average molecular weight is 689 g/mol. The molecule has 49 heavy (non-hydrogen) atoms. The summed E-state index contributed by atoms with van der Waals surface area (Å²) in [6.07, 6.45) is 57.7. The van der Waals surface area contributed by atoms with Gasteiger partial charge in [-0.15, -0.1) is 0 Å². The van der Waals surface area contributed by atoms with Crippen molar-refractivity contribution in [3.05, 3.63) is 12.2 Å². The molecular formula is C47H92O2. The van der Waals surface area contributed by atoms with E-state index in [0.717, 1.165) is 19.3 Å². The molecule has 1 unspecified atom stereocenters. The summed E-state index contributed by atoms with van der Waals surface area (Å²) in [7, 11) is 0. The molecule has 0 bridgehead atoms. The summed E-state index contributed by atoms with van der Waals surface area (Å²) in [6.45, 7) is 6.88. The van der Waals surface area contributed by atoms with Gasteiger partial charge in [-0.2, -0.15) is 0 Å². The lowest BCUT2D eigenvalue weighted by molar-refractivity contribution is -0.150. The number of ether oxygens (including phenoxy) is 1. The van der Waals surface area contributed by atoms with Gasteiger partial charge in [0, 0.05) is 6.42 Å². The number of esters is 1. The zero-order chi connectivity index (χ0) is 35.6. The Morgan fingerprint density at radius 3 is 0.959 bits per heavy atom. The summed E-state index contributed by atoms with van der Waals surface area (Å²) in [5.74, 6) is 0.0682. The Labute approximate surface area is 310 Å². The molecule has 2 heteroatoms. The average Bonchev–Trinajstić information content (AvgIpc) is 3.10. The predicted octanol–water partition coefficient (Wildman–Crippen LogP) is 17.1. The molecule has 0 saturated carbocycles. The fraction of sp³-hybridized carbons (Fsp3) is 0.936. The Hall–Kier alpha value is -0.790. The maximum atomic E-state index is 12.8. The zero-order valence-corrected chi connectivity index (χ0v) is 34.3. The summed E-state index contributed by atoms with van der Waals surface area (Å²) in [4.78, 5) is 12.8. The second kappa shape index (κ2) is 43.4. The van der Waals surface area contributed by atoms with Crippen LogP contribution in [0, 0.1) is 0 Å². The smallest absolute Gasteiger partial charge is 0.306 e. The van der Waals surface area contributed by atoms with Gasteiger partial charge in [-0.25, -0.2) is 0 Å². The molecule has 0 N–H and O–H groups in total. The highest BCUT2D eigenvalue weighted by Crippen LogP contribution is 2.19. The fourth-order valence-electron chi connectivity index (χ4n) is 7.27. The third-order valence-electron chi connectivity index (χ3n) is 10.7. The monoisotopic (exact) mass is 689 g/mol. The van der Waals surface area contributed by atoms with Gasteiger partial charge < -0.3 is 4.74 Å². The van der Waals surface area contributed by atoms with Crippen LogP contribution in [0.1, 0.15) is 278 Å². The van der Waals surface area contributed by atoms with Gasteiger partial charge in [-0.1, -0.05) is 226 Å². The predicted molar refractivity (Wildman–Crippen MR) is 221 cm³/mol. The molecule has 0 spiro atoms. The van der Waals surface area contributed by atoms with Crippen LogP contribution >= 0.6 is 0 Å². The molecule has 1 atom stereocenters. The molecular weight excluding hydrogens is 597 g/mol. The van der Waals surface area contributed by atoms with E-state index in [2.05, 4.69) is 32.9 Å². The van der Waals surface area contributed by atoms with Gasteiger partial charge in [0.2, 0.25) is 0 Å². The number of rotatable bonds is 42. The Morgan fingerprint density at radius 2 is 0.633 bits per heavy atom. The standard InChI is InChI=1S/C47H92O2/c1-4-7-10-13-16-19-21-23-25-27-28-30-32-35-38-41-44-46(43-40-37-34-18-15-12-9-6-3)49-47(48)45-42-39-36-33-31-29-26-24-22-20-17-14-11-8-5-2/h24,26,46H,4-23,25,27-45H2,1-3H3/b26-24-. The van der Waals surface area contributed by atoms with Crippen molar-refractivity contribution < 1.29 is 9.53 Å². The first kappa shape index (κ1) is 48.2. The van der Waals surface area contributed by atoms with E-state index < -0.39 is 0 Å². The van der Waals surface area contributed by atoms with Crippen LogP contribution in [0.5, 0.6) is 0 Å². The Kier molecular flexibility index (Phi) is 42.7. The van der Waals surface area contributed by atoms with Crippen LogP contribution in [-0.4, -0.2) is 12.1 Å². The molecule has 0 aromatic rings. The molecule has 0 aliphatic carbocycles. The van der Waals surface area contributed by atoms with Crippen LogP contribution in [-0.2, 0) is 9.53 Å². The molecule has 0 aromatic carbocycles. The van der Waals surface area contributed by atoms with Gasteiger partial charge >= 0.3 is 5.97 Å². The fourth-order valence-corrected chi connectivity index (χ4v) is 7.27. The molecule has 0 radical (unpaired) electrons. The number of allylic oxidation sites excluding steroid dienone is 2.